The Kier molecular flexibility index (Phi) is 3.38. The summed E-state index contributed by atoms with van der Waals surface area (Å²) in [6.45, 7) is 3.80. The minimum Gasteiger partial charge on any atom is -0.381 e. The fraction of sp³-hybridized carbons (Fsp3) is 0.727. The summed E-state index contributed by atoms with van der Waals surface area (Å²) in [5, 5.41) is 0. The highest BCUT2D eigenvalue weighted by Crippen LogP contribution is 2.25. The topological polar surface area (TPSA) is 53.1 Å². The van der Waals surface area contributed by atoms with E-state index in [1.807, 2.05) is 12.5 Å². The van der Waals surface area contributed by atoms with Crippen LogP contribution in [0.15, 0.2) is 12.5 Å². The Balaban J connectivity index is 2.15. The number of rotatable bonds is 3. The van der Waals surface area contributed by atoms with Gasteiger partial charge in [0.1, 0.15) is 0 Å². The molecule has 0 aromatic carbocycles. The number of ether oxygens (including phenoxy) is 1. The van der Waals surface area contributed by atoms with Crippen molar-refractivity contribution < 1.29 is 4.74 Å². The third kappa shape index (κ3) is 2.21. The van der Waals surface area contributed by atoms with Gasteiger partial charge in [-0.15, -0.1) is 0 Å². The van der Waals surface area contributed by atoms with E-state index in [1.165, 1.54) is 0 Å². The summed E-state index contributed by atoms with van der Waals surface area (Å²) in [4.78, 5) is 4.21. The van der Waals surface area contributed by atoms with Crippen molar-refractivity contribution in [3.63, 3.8) is 0 Å². The van der Waals surface area contributed by atoms with Gasteiger partial charge >= 0.3 is 0 Å². The molecule has 1 aromatic heterocycles. The molecule has 84 valence electrons. The quantitative estimate of drug-likeness (QED) is 0.823. The second kappa shape index (κ2) is 4.77. The van der Waals surface area contributed by atoms with Gasteiger partial charge in [0.25, 0.3) is 0 Å². The molecule has 1 atom stereocenters. The predicted molar refractivity (Wildman–Crippen MR) is 58.5 cm³/mol. The molecule has 0 bridgehead atoms. The van der Waals surface area contributed by atoms with Crippen LogP contribution in [0.25, 0.3) is 0 Å². The van der Waals surface area contributed by atoms with E-state index >= 15 is 0 Å². The van der Waals surface area contributed by atoms with Crippen LogP contribution in [0.1, 0.15) is 44.0 Å². The molecule has 0 saturated carbocycles. The first kappa shape index (κ1) is 10.6. The summed E-state index contributed by atoms with van der Waals surface area (Å²) in [5.41, 5.74) is 7.21. The molecule has 1 aliphatic rings. The molecule has 0 spiro atoms. The lowest BCUT2D eigenvalue weighted by Gasteiger charge is -2.26. The van der Waals surface area contributed by atoms with Crippen molar-refractivity contribution in [3.05, 3.63) is 18.2 Å². The van der Waals surface area contributed by atoms with Gasteiger partial charge in [-0.2, -0.15) is 0 Å². The fourth-order valence-corrected chi connectivity index (χ4v) is 2.08. The Morgan fingerprint density at radius 1 is 1.60 bits per heavy atom. The van der Waals surface area contributed by atoms with Gasteiger partial charge in [-0.05, 0) is 19.3 Å². The van der Waals surface area contributed by atoms with E-state index in [0.717, 1.165) is 38.2 Å². The van der Waals surface area contributed by atoms with E-state index in [0.29, 0.717) is 6.04 Å². The number of hydrogen-bond acceptors (Lipinski definition) is 3. The largest absolute Gasteiger partial charge is 0.381 e. The first-order chi connectivity index (χ1) is 7.33. The van der Waals surface area contributed by atoms with Crippen molar-refractivity contribution >= 4 is 0 Å². The highest BCUT2D eigenvalue weighted by molar-refractivity contribution is 5.06. The standard InChI is InChI=1S/C11H19N3O/c1-2-10(12)11-7-13-8-14(11)9-3-5-15-6-4-9/h7-10H,2-6,12H2,1H3/t10-/m1/s1. The number of nitrogens with two attached hydrogens (primary N) is 1. The van der Waals surface area contributed by atoms with E-state index in [1.54, 1.807) is 0 Å². The van der Waals surface area contributed by atoms with Crippen LogP contribution in [0, 0.1) is 0 Å². The first-order valence-electron chi connectivity index (χ1n) is 5.68. The molecule has 2 rings (SSSR count). The molecule has 2 heterocycles. The van der Waals surface area contributed by atoms with Gasteiger partial charge < -0.3 is 15.0 Å². The van der Waals surface area contributed by atoms with Crippen molar-refractivity contribution in [2.75, 3.05) is 13.2 Å². The monoisotopic (exact) mass is 209 g/mol. The lowest BCUT2D eigenvalue weighted by Crippen LogP contribution is -2.23. The molecule has 4 nitrogen and oxygen atoms in total. The minimum absolute atomic E-state index is 0.107. The Morgan fingerprint density at radius 2 is 2.33 bits per heavy atom. The van der Waals surface area contributed by atoms with Crippen molar-refractivity contribution in [2.45, 2.75) is 38.3 Å². The SMILES string of the molecule is CC[C@@H](N)c1cncn1C1CCOCC1. The second-order valence-corrected chi connectivity index (χ2v) is 4.08. The summed E-state index contributed by atoms with van der Waals surface area (Å²) < 4.78 is 7.59. The maximum atomic E-state index is 6.05. The van der Waals surface area contributed by atoms with Crippen molar-refractivity contribution in [3.8, 4) is 0 Å². The molecular weight excluding hydrogens is 190 g/mol. The van der Waals surface area contributed by atoms with E-state index in [9.17, 15) is 0 Å². The van der Waals surface area contributed by atoms with Crippen LogP contribution in [-0.4, -0.2) is 22.8 Å². The predicted octanol–water partition coefficient (Wildman–Crippen LogP) is 1.64. The Bertz CT molecular complexity index is 305. The van der Waals surface area contributed by atoms with Gasteiger partial charge in [0.05, 0.1) is 12.0 Å². The zero-order valence-electron chi connectivity index (χ0n) is 9.22. The normalized spacial score (nSPS) is 20.4. The van der Waals surface area contributed by atoms with Crippen LogP contribution in [0.3, 0.4) is 0 Å². The van der Waals surface area contributed by atoms with E-state index in [2.05, 4.69) is 16.5 Å². The van der Waals surface area contributed by atoms with E-state index in [-0.39, 0.29) is 6.04 Å². The average Bonchev–Trinajstić information content (AvgIpc) is 2.78. The first-order valence-corrected chi connectivity index (χ1v) is 5.68. The number of imidazole rings is 1. The van der Waals surface area contributed by atoms with Gasteiger partial charge in [0.2, 0.25) is 0 Å². The van der Waals surface area contributed by atoms with Gasteiger partial charge in [-0.1, -0.05) is 6.92 Å². The molecule has 1 fully saturated rings. The van der Waals surface area contributed by atoms with Crippen molar-refractivity contribution in [1.82, 2.24) is 9.55 Å². The Hall–Kier alpha value is -0.870. The summed E-state index contributed by atoms with van der Waals surface area (Å²) in [6, 6.07) is 0.629. The summed E-state index contributed by atoms with van der Waals surface area (Å²) >= 11 is 0. The lowest BCUT2D eigenvalue weighted by molar-refractivity contribution is 0.0686. The molecule has 0 amide bonds. The maximum absolute atomic E-state index is 6.05. The smallest absolute Gasteiger partial charge is 0.0951 e. The van der Waals surface area contributed by atoms with Crippen LogP contribution >= 0.6 is 0 Å². The molecular formula is C11H19N3O. The van der Waals surface area contributed by atoms with Crippen LogP contribution in [0.5, 0.6) is 0 Å². The van der Waals surface area contributed by atoms with Crippen molar-refractivity contribution in [2.24, 2.45) is 5.73 Å². The van der Waals surface area contributed by atoms with E-state index in [4.69, 9.17) is 10.5 Å². The highest BCUT2D eigenvalue weighted by atomic mass is 16.5. The fourth-order valence-electron chi connectivity index (χ4n) is 2.08. The molecule has 1 aliphatic heterocycles. The van der Waals surface area contributed by atoms with Crippen LogP contribution in [0.2, 0.25) is 0 Å². The summed E-state index contributed by atoms with van der Waals surface area (Å²) in [5.74, 6) is 0. The number of nitrogens with zero attached hydrogens (tertiary/aromatic N) is 2. The maximum Gasteiger partial charge on any atom is 0.0951 e. The number of hydrogen-bond donors (Lipinski definition) is 1. The molecule has 0 unspecified atom stereocenters. The molecule has 15 heavy (non-hydrogen) atoms. The Morgan fingerprint density at radius 3 is 3.00 bits per heavy atom. The molecule has 1 aromatic rings. The molecule has 4 heteroatoms. The van der Waals surface area contributed by atoms with Gasteiger partial charge in [-0.3, -0.25) is 0 Å². The van der Waals surface area contributed by atoms with E-state index < -0.39 is 0 Å². The molecule has 0 radical (unpaired) electrons. The second-order valence-electron chi connectivity index (χ2n) is 4.08. The molecule has 0 aliphatic carbocycles. The summed E-state index contributed by atoms with van der Waals surface area (Å²) in [7, 11) is 0. The Labute approximate surface area is 90.4 Å². The van der Waals surface area contributed by atoms with Gasteiger partial charge in [0, 0.05) is 31.5 Å². The lowest BCUT2D eigenvalue weighted by atomic mass is 10.1. The van der Waals surface area contributed by atoms with Gasteiger partial charge in [0.15, 0.2) is 0 Å². The third-order valence-electron chi connectivity index (χ3n) is 3.10. The van der Waals surface area contributed by atoms with Crippen LogP contribution in [-0.2, 0) is 4.74 Å². The molecule has 2 N–H and O–H groups in total. The average molecular weight is 209 g/mol. The highest BCUT2D eigenvalue weighted by Gasteiger charge is 2.19. The van der Waals surface area contributed by atoms with Gasteiger partial charge in [-0.25, -0.2) is 4.98 Å². The van der Waals surface area contributed by atoms with Crippen molar-refractivity contribution in [1.29, 1.82) is 0 Å². The zero-order valence-corrected chi connectivity index (χ0v) is 9.22. The third-order valence-corrected chi connectivity index (χ3v) is 3.10. The number of aromatic nitrogens is 2. The van der Waals surface area contributed by atoms with Crippen LogP contribution in [0.4, 0.5) is 0 Å². The molecule has 1 saturated heterocycles. The zero-order chi connectivity index (χ0) is 10.7. The minimum atomic E-state index is 0.107. The summed E-state index contributed by atoms with van der Waals surface area (Å²) in [6.07, 6.45) is 6.89. The van der Waals surface area contributed by atoms with Crippen LogP contribution < -0.4 is 5.73 Å².